The Morgan fingerprint density at radius 2 is 1.94 bits per heavy atom. The minimum atomic E-state index is 0.214. The summed E-state index contributed by atoms with van der Waals surface area (Å²) in [5.41, 5.74) is 1.20. The topological polar surface area (TPSA) is 43.4 Å². The smallest absolute Gasteiger partial charge is 0.188 e. The number of hydrogen-bond donors (Lipinski definition) is 1. The first-order chi connectivity index (χ1) is 8.90. The van der Waals surface area contributed by atoms with Gasteiger partial charge in [-0.05, 0) is 17.7 Å². The first-order valence-electron chi connectivity index (χ1n) is 5.74. The zero-order valence-electron chi connectivity index (χ0n) is 10.3. The molecule has 0 saturated heterocycles. The molecule has 4 heteroatoms. The summed E-state index contributed by atoms with van der Waals surface area (Å²) in [6, 6.07) is 13.8. The van der Waals surface area contributed by atoms with Crippen LogP contribution in [0, 0.1) is 0 Å². The lowest BCUT2D eigenvalue weighted by atomic mass is 10.2. The fourth-order valence-corrected chi connectivity index (χ4v) is 1.54. The monoisotopic (exact) mass is 244 g/mol. The van der Waals surface area contributed by atoms with Crippen LogP contribution in [0.3, 0.4) is 0 Å². The lowest BCUT2D eigenvalue weighted by molar-refractivity contribution is 0.0514. The molecule has 1 heterocycles. The van der Waals surface area contributed by atoms with Gasteiger partial charge in [0.15, 0.2) is 18.4 Å². The molecule has 0 aliphatic heterocycles. The summed E-state index contributed by atoms with van der Waals surface area (Å²) in [6.45, 7) is 0.924. The van der Waals surface area contributed by atoms with E-state index in [0.29, 0.717) is 12.3 Å². The largest absolute Gasteiger partial charge is 0.464 e. The van der Waals surface area contributed by atoms with Crippen LogP contribution in [0.4, 0.5) is 5.82 Å². The van der Waals surface area contributed by atoms with E-state index >= 15 is 0 Å². The van der Waals surface area contributed by atoms with Crippen molar-refractivity contribution in [2.75, 3.05) is 19.2 Å². The Bertz CT molecular complexity index is 474. The lowest BCUT2D eigenvalue weighted by Crippen LogP contribution is -2.06. The second kappa shape index (κ2) is 6.61. The van der Waals surface area contributed by atoms with Gasteiger partial charge in [-0.1, -0.05) is 30.3 Å². The van der Waals surface area contributed by atoms with E-state index in [9.17, 15) is 0 Å². The van der Waals surface area contributed by atoms with Gasteiger partial charge in [0, 0.05) is 19.9 Å². The molecule has 0 atom stereocenters. The van der Waals surface area contributed by atoms with Gasteiger partial charge in [-0.3, -0.25) is 0 Å². The fourth-order valence-electron chi connectivity index (χ4n) is 1.54. The Hall–Kier alpha value is -2.07. The summed E-state index contributed by atoms with van der Waals surface area (Å²) in [7, 11) is 1.59. The molecule has 2 rings (SSSR count). The standard InChI is InChI=1S/C14H16N2O2/c1-17-11-18-13-8-5-9-15-14(13)16-10-12-6-3-2-4-7-12/h2-9H,10-11H2,1H3,(H,15,16). The van der Waals surface area contributed by atoms with Crippen LogP contribution in [-0.4, -0.2) is 18.9 Å². The maximum Gasteiger partial charge on any atom is 0.188 e. The Morgan fingerprint density at radius 3 is 2.72 bits per heavy atom. The van der Waals surface area contributed by atoms with Crippen molar-refractivity contribution in [3.05, 3.63) is 54.2 Å². The van der Waals surface area contributed by atoms with Crippen LogP contribution in [0.5, 0.6) is 5.75 Å². The molecule has 0 radical (unpaired) electrons. The zero-order chi connectivity index (χ0) is 12.6. The van der Waals surface area contributed by atoms with Crippen LogP contribution >= 0.6 is 0 Å². The van der Waals surface area contributed by atoms with Crippen molar-refractivity contribution < 1.29 is 9.47 Å². The van der Waals surface area contributed by atoms with Gasteiger partial charge in [-0.15, -0.1) is 0 Å². The number of nitrogens with one attached hydrogen (secondary N) is 1. The normalized spacial score (nSPS) is 10.1. The highest BCUT2D eigenvalue weighted by Crippen LogP contribution is 2.21. The summed E-state index contributed by atoms with van der Waals surface area (Å²) < 4.78 is 10.3. The van der Waals surface area contributed by atoms with Crippen LogP contribution < -0.4 is 10.1 Å². The molecule has 1 aromatic carbocycles. The van der Waals surface area contributed by atoms with Crippen LogP contribution in [0.25, 0.3) is 0 Å². The van der Waals surface area contributed by atoms with Gasteiger partial charge in [0.2, 0.25) is 0 Å². The van der Waals surface area contributed by atoms with E-state index in [1.54, 1.807) is 13.3 Å². The number of hydrogen-bond acceptors (Lipinski definition) is 4. The van der Waals surface area contributed by atoms with Crippen molar-refractivity contribution >= 4 is 5.82 Å². The van der Waals surface area contributed by atoms with Crippen molar-refractivity contribution in [2.45, 2.75) is 6.54 Å². The first kappa shape index (κ1) is 12.4. The average Bonchev–Trinajstić information content (AvgIpc) is 2.45. The molecule has 0 fully saturated rings. The zero-order valence-corrected chi connectivity index (χ0v) is 10.3. The van der Waals surface area contributed by atoms with Crippen molar-refractivity contribution in [3.63, 3.8) is 0 Å². The second-order valence-electron chi connectivity index (χ2n) is 3.74. The fraction of sp³-hybridized carbons (Fsp3) is 0.214. The summed E-state index contributed by atoms with van der Waals surface area (Å²) in [5, 5.41) is 3.25. The highest BCUT2D eigenvalue weighted by atomic mass is 16.7. The quantitative estimate of drug-likeness (QED) is 0.793. The molecule has 18 heavy (non-hydrogen) atoms. The predicted molar refractivity (Wildman–Crippen MR) is 70.5 cm³/mol. The van der Waals surface area contributed by atoms with Crippen LogP contribution in [0.15, 0.2) is 48.7 Å². The van der Waals surface area contributed by atoms with E-state index in [1.807, 2.05) is 30.3 Å². The Kier molecular flexibility index (Phi) is 4.55. The first-order valence-corrected chi connectivity index (χ1v) is 5.74. The van der Waals surface area contributed by atoms with Crippen LogP contribution in [0.2, 0.25) is 0 Å². The van der Waals surface area contributed by atoms with Gasteiger partial charge in [-0.2, -0.15) is 0 Å². The number of methoxy groups -OCH3 is 1. The molecular weight excluding hydrogens is 228 g/mol. The Morgan fingerprint density at radius 1 is 1.11 bits per heavy atom. The third-order valence-corrected chi connectivity index (χ3v) is 2.41. The molecule has 0 unspecified atom stereocenters. The van der Waals surface area contributed by atoms with E-state index in [-0.39, 0.29) is 6.79 Å². The molecule has 0 saturated carbocycles. The summed E-state index contributed by atoms with van der Waals surface area (Å²) in [4.78, 5) is 4.25. The minimum absolute atomic E-state index is 0.214. The number of benzene rings is 1. The molecule has 2 aromatic rings. The van der Waals surface area contributed by atoms with Gasteiger partial charge in [-0.25, -0.2) is 4.98 Å². The molecule has 1 aromatic heterocycles. The summed E-state index contributed by atoms with van der Waals surface area (Å²) in [5.74, 6) is 1.41. The maximum absolute atomic E-state index is 5.43. The average molecular weight is 244 g/mol. The minimum Gasteiger partial charge on any atom is -0.464 e. The molecule has 4 nitrogen and oxygen atoms in total. The number of aromatic nitrogens is 1. The van der Waals surface area contributed by atoms with Crippen molar-refractivity contribution in [1.82, 2.24) is 4.98 Å². The van der Waals surface area contributed by atoms with E-state index in [0.717, 1.165) is 5.82 Å². The van der Waals surface area contributed by atoms with E-state index in [2.05, 4.69) is 22.4 Å². The molecule has 94 valence electrons. The molecule has 0 bridgehead atoms. The van der Waals surface area contributed by atoms with E-state index in [4.69, 9.17) is 9.47 Å². The van der Waals surface area contributed by atoms with Crippen molar-refractivity contribution in [1.29, 1.82) is 0 Å². The highest BCUT2D eigenvalue weighted by Gasteiger charge is 2.03. The van der Waals surface area contributed by atoms with Gasteiger partial charge in [0.25, 0.3) is 0 Å². The van der Waals surface area contributed by atoms with Gasteiger partial charge in [0.1, 0.15) is 0 Å². The van der Waals surface area contributed by atoms with E-state index in [1.165, 1.54) is 5.56 Å². The summed E-state index contributed by atoms with van der Waals surface area (Å²) in [6.07, 6.45) is 1.73. The number of pyridine rings is 1. The predicted octanol–water partition coefficient (Wildman–Crippen LogP) is 2.68. The van der Waals surface area contributed by atoms with Crippen molar-refractivity contribution in [3.8, 4) is 5.75 Å². The van der Waals surface area contributed by atoms with Crippen molar-refractivity contribution in [2.24, 2.45) is 0 Å². The Labute approximate surface area is 107 Å². The van der Waals surface area contributed by atoms with Gasteiger partial charge >= 0.3 is 0 Å². The number of ether oxygens (including phenoxy) is 2. The molecule has 0 spiro atoms. The molecule has 0 aliphatic rings. The molecular formula is C14H16N2O2. The third-order valence-electron chi connectivity index (χ3n) is 2.41. The molecule has 1 N–H and O–H groups in total. The van der Waals surface area contributed by atoms with Gasteiger partial charge < -0.3 is 14.8 Å². The highest BCUT2D eigenvalue weighted by molar-refractivity contribution is 5.49. The molecule has 0 aliphatic carbocycles. The number of nitrogens with zero attached hydrogens (tertiary/aromatic N) is 1. The second-order valence-corrected chi connectivity index (χ2v) is 3.74. The summed E-state index contributed by atoms with van der Waals surface area (Å²) >= 11 is 0. The Balaban J connectivity index is 2.00. The third kappa shape index (κ3) is 3.46. The van der Waals surface area contributed by atoms with Gasteiger partial charge in [0.05, 0.1) is 0 Å². The van der Waals surface area contributed by atoms with E-state index < -0.39 is 0 Å². The van der Waals surface area contributed by atoms with Crippen LogP contribution in [0.1, 0.15) is 5.56 Å². The SMILES string of the molecule is COCOc1cccnc1NCc1ccccc1. The lowest BCUT2D eigenvalue weighted by Gasteiger charge is -2.11. The molecule has 0 amide bonds. The number of rotatable bonds is 6. The number of anilines is 1. The van der Waals surface area contributed by atoms with Crippen LogP contribution in [-0.2, 0) is 11.3 Å². The maximum atomic E-state index is 5.43.